The van der Waals surface area contributed by atoms with Crippen LogP contribution >= 0.6 is 24.8 Å². The van der Waals surface area contributed by atoms with E-state index in [9.17, 15) is 9.59 Å². The average Bonchev–Trinajstić information content (AvgIpc) is 2.88. The molecule has 2 N–H and O–H groups in total. The van der Waals surface area contributed by atoms with Crippen molar-refractivity contribution in [1.29, 1.82) is 0 Å². The molecule has 0 bridgehead atoms. The molecule has 0 aliphatic carbocycles. The fraction of sp³-hybridized carbons (Fsp3) is 0.500. The number of nitrogens with zero attached hydrogens (tertiary/aromatic N) is 6. The third-order valence-corrected chi connectivity index (χ3v) is 6.63. The lowest BCUT2D eigenvalue weighted by Gasteiger charge is -2.33. The van der Waals surface area contributed by atoms with E-state index in [0.717, 1.165) is 50.4 Å². The molecule has 0 aromatic carbocycles. The van der Waals surface area contributed by atoms with Gasteiger partial charge < -0.3 is 20.3 Å². The maximum Gasteiger partial charge on any atom is 0.270 e. The molecular weight excluding hydrogens is 519 g/mol. The van der Waals surface area contributed by atoms with Crippen LogP contribution in [0.3, 0.4) is 0 Å². The molecule has 5 heterocycles. The van der Waals surface area contributed by atoms with Crippen molar-refractivity contribution in [3.63, 3.8) is 0 Å². The van der Waals surface area contributed by atoms with E-state index < -0.39 is 0 Å². The lowest BCUT2D eigenvalue weighted by Crippen LogP contribution is -2.45. The van der Waals surface area contributed by atoms with Crippen molar-refractivity contribution in [3.8, 4) is 5.88 Å². The van der Waals surface area contributed by atoms with Gasteiger partial charge in [-0.15, -0.1) is 24.8 Å². The van der Waals surface area contributed by atoms with Crippen LogP contribution in [0.5, 0.6) is 5.88 Å². The molecule has 0 unspecified atom stereocenters. The molecule has 5 rings (SSSR count). The van der Waals surface area contributed by atoms with Crippen molar-refractivity contribution in [2.24, 2.45) is 15.9 Å². The second-order valence-electron chi connectivity index (χ2n) is 9.09. The molecule has 2 aromatic heterocycles. The number of rotatable bonds is 8. The van der Waals surface area contributed by atoms with Gasteiger partial charge in [0.1, 0.15) is 17.2 Å². The van der Waals surface area contributed by atoms with Gasteiger partial charge in [-0.2, -0.15) is 9.98 Å². The summed E-state index contributed by atoms with van der Waals surface area (Å²) >= 11 is 0. The van der Waals surface area contributed by atoms with Gasteiger partial charge in [0.15, 0.2) is 5.65 Å². The minimum atomic E-state index is -0.157. The Hall–Kier alpha value is -2.86. The number of piperidine rings is 1. The minimum Gasteiger partial charge on any atom is -0.481 e. The maximum absolute atomic E-state index is 12.5. The average molecular weight is 551 g/mol. The Morgan fingerprint density at radius 2 is 2.05 bits per heavy atom. The van der Waals surface area contributed by atoms with E-state index in [1.54, 1.807) is 17.7 Å². The fourth-order valence-corrected chi connectivity index (χ4v) is 4.77. The monoisotopic (exact) mass is 550 g/mol. The molecule has 13 heteroatoms. The summed E-state index contributed by atoms with van der Waals surface area (Å²) in [5.41, 5.74) is 2.06. The van der Waals surface area contributed by atoms with E-state index in [4.69, 9.17) is 4.74 Å². The SMILES string of the molecule is COc1ccc2ncc(=O)n(CCN3CCC[C@@H](CNCC4=NC=C5CCC(=O)N=C5N4)C3)c2n1.Cl.Cl. The normalized spacial score (nSPS) is 19.4. The molecule has 37 heavy (non-hydrogen) atoms. The van der Waals surface area contributed by atoms with E-state index >= 15 is 0 Å². The van der Waals surface area contributed by atoms with Gasteiger partial charge in [0.2, 0.25) is 11.8 Å². The molecule has 200 valence electrons. The summed E-state index contributed by atoms with van der Waals surface area (Å²) in [7, 11) is 1.56. The summed E-state index contributed by atoms with van der Waals surface area (Å²) in [4.78, 5) is 43.7. The first-order valence-corrected chi connectivity index (χ1v) is 12.1. The number of hydrogen-bond donors (Lipinski definition) is 2. The molecule has 3 aliphatic heterocycles. The highest BCUT2D eigenvalue weighted by atomic mass is 35.5. The van der Waals surface area contributed by atoms with Gasteiger partial charge in [-0.3, -0.25) is 14.2 Å². The summed E-state index contributed by atoms with van der Waals surface area (Å²) in [6.45, 7) is 4.77. The molecule has 1 amide bonds. The van der Waals surface area contributed by atoms with Crippen LogP contribution in [0, 0.1) is 5.92 Å². The predicted molar refractivity (Wildman–Crippen MR) is 147 cm³/mol. The molecule has 1 saturated heterocycles. The fourth-order valence-electron chi connectivity index (χ4n) is 4.77. The lowest BCUT2D eigenvalue weighted by molar-refractivity contribution is -0.117. The number of halogens is 2. The number of nitrogens with one attached hydrogen (secondary N) is 2. The largest absolute Gasteiger partial charge is 0.481 e. The smallest absolute Gasteiger partial charge is 0.270 e. The number of methoxy groups -OCH3 is 1. The quantitative estimate of drug-likeness (QED) is 0.506. The number of carbonyl (C=O) groups excluding carboxylic acids is 1. The molecule has 0 saturated carbocycles. The second-order valence-corrected chi connectivity index (χ2v) is 9.09. The van der Waals surface area contributed by atoms with Crippen LogP contribution in [-0.4, -0.2) is 76.8 Å². The van der Waals surface area contributed by atoms with Crippen LogP contribution < -0.4 is 20.9 Å². The van der Waals surface area contributed by atoms with Crippen LogP contribution in [0.4, 0.5) is 0 Å². The number of pyridine rings is 1. The number of ether oxygens (including phenoxy) is 1. The Kier molecular flexibility index (Phi) is 10.2. The molecule has 3 aliphatic rings. The molecular formula is C24H32Cl2N8O3. The van der Waals surface area contributed by atoms with E-state index in [2.05, 4.69) is 35.5 Å². The maximum atomic E-state index is 12.5. The van der Waals surface area contributed by atoms with Crippen molar-refractivity contribution in [2.45, 2.75) is 32.2 Å². The summed E-state index contributed by atoms with van der Waals surface area (Å²) in [6, 6.07) is 3.57. The Morgan fingerprint density at radius 3 is 2.89 bits per heavy atom. The standard InChI is InChI=1S/C24H30N8O3.2ClH/c1-35-21-7-5-18-24(30-21)32(22(34)14-26-18)10-9-31-8-2-3-16(15-31)11-25-13-19-27-12-17-4-6-20(33)29-23(17)28-19;;/h5,7,12,14,16,25H,2-4,6,8-11,13,15H2,1H3,(H,27,28,29,33);2*1H/t16-;;/m0../s1. The van der Waals surface area contributed by atoms with Crippen molar-refractivity contribution >= 4 is 53.6 Å². The molecule has 1 fully saturated rings. The van der Waals surface area contributed by atoms with Crippen molar-refractivity contribution in [3.05, 3.63) is 40.5 Å². The van der Waals surface area contributed by atoms with Gasteiger partial charge in [-0.25, -0.2) is 9.98 Å². The van der Waals surface area contributed by atoms with Gasteiger partial charge in [0.05, 0.1) is 19.9 Å². The van der Waals surface area contributed by atoms with E-state index in [1.807, 2.05) is 12.3 Å². The Labute approximate surface area is 227 Å². The van der Waals surface area contributed by atoms with Crippen molar-refractivity contribution < 1.29 is 9.53 Å². The molecule has 0 radical (unpaired) electrons. The minimum absolute atomic E-state index is 0. The summed E-state index contributed by atoms with van der Waals surface area (Å²) in [5, 5.41) is 6.68. The zero-order chi connectivity index (χ0) is 24.2. The van der Waals surface area contributed by atoms with Crippen molar-refractivity contribution in [2.75, 3.05) is 39.8 Å². The molecule has 2 aromatic rings. The molecule has 11 nitrogen and oxygen atoms in total. The van der Waals surface area contributed by atoms with Gasteiger partial charge in [-0.05, 0) is 44.3 Å². The predicted octanol–water partition coefficient (Wildman–Crippen LogP) is 1.55. The van der Waals surface area contributed by atoms with Crippen molar-refractivity contribution in [1.82, 2.24) is 30.1 Å². The zero-order valence-electron chi connectivity index (χ0n) is 20.7. The molecule has 1 atom stereocenters. The highest BCUT2D eigenvalue weighted by Crippen LogP contribution is 2.18. The third-order valence-electron chi connectivity index (χ3n) is 6.63. The molecule has 0 spiro atoms. The Bertz CT molecular complexity index is 1280. The van der Waals surface area contributed by atoms with E-state index in [0.29, 0.717) is 54.7 Å². The Balaban J connectivity index is 0.00000190. The summed E-state index contributed by atoms with van der Waals surface area (Å²) in [6.07, 6.45) is 6.59. The summed E-state index contributed by atoms with van der Waals surface area (Å²) < 4.78 is 6.91. The number of likely N-dealkylation sites (tertiary alicyclic amines) is 1. The van der Waals surface area contributed by atoms with Crippen LogP contribution in [0.2, 0.25) is 0 Å². The van der Waals surface area contributed by atoms with Crippen LogP contribution in [0.1, 0.15) is 25.7 Å². The van der Waals surface area contributed by atoms with Crippen LogP contribution in [0.25, 0.3) is 11.2 Å². The van der Waals surface area contributed by atoms with Gasteiger partial charge >= 0.3 is 0 Å². The number of hydrogen-bond acceptors (Lipinski definition) is 9. The number of fused-ring (bicyclic) bond motifs is 2. The number of aromatic nitrogens is 3. The second kappa shape index (κ2) is 13.1. The number of carbonyl (C=O) groups is 1. The van der Waals surface area contributed by atoms with Gasteiger partial charge in [-0.1, -0.05) is 0 Å². The number of amides is 1. The zero-order valence-corrected chi connectivity index (χ0v) is 22.3. The van der Waals surface area contributed by atoms with Gasteiger partial charge in [0.25, 0.3) is 5.56 Å². The van der Waals surface area contributed by atoms with Gasteiger partial charge in [0, 0.05) is 43.9 Å². The van der Waals surface area contributed by atoms with Crippen LogP contribution in [0.15, 0.2) is 44.9 Å². The number of aliphatic imine (C=N–C) groups is 2. The number of amidine groups is 2. The van der Waals surface area contributed by atoms with Crippen LogP contribution in [-0.2, 0) is 11.3 Å². The Morgan fingerprint density at radius 1 is 1.19 bits per heavy atom. The third kappa shape index (κ3) is 6.92. The first kappa shape index (κ1) is 28.7. The highest BCUT2D eigenvalue weighted by Gasteiger charge is 2.22. The first-order valence-electron chi connectivity index (χ1n) is 12.1. The summed E-state index contributed by atoms with van der Waals surface area (Å²) in [5.74, 6) is 2.31. The highest BCUT2D eigenvalue weighted by molar-refractivity contribution is 6.16. The topological polar surface area (TPSA) is 126 Å². The first-order chi connectivity index (χ1) is 17.1. The van der Waals surface area contributed by atoms with E-state index in [1.165, 1.54) is 6.20 Å². The lowest BCUT2D eigenvalue weighted by atomic mass is 9.98. The van der Waals surface area contributed by atoms with E-state index in [-0.39, 0.29) is 36.3 Å².